The Hall–Kier alpha value is -2.77. The molecule has 0 saturated carbocycles. The summed E-state index contributed by atoms with van der Waals surface area (Å²) in [6.45, 7) is 3.37. The number of urea groups is 1. The van der Waals surface area contributed by atoms with Crippen LogP contribution in [-0.4, -0.2) is 54.1 Å². The fraction of sp³-hybridized carbons (Fsp3) is 0.300. The fourth-order valence-corrected chi connectivity index (χ4v) is 3.42. The van der Waals surface area contributed by atoms with Gasteiger partial charge in [-0.15, -0.1) is 0 Å². The Morgan fingerprint density at radius 2 is 2.00 bits per heavy atom. The number of hydrogen-bond donors (Lipinski definition) is 1. The van der Waals surface area contributed by atoms with Gasteiger partial charge in [0.15, 0.2) is 5.58 Å². The maximum atomic E-state index is 12.5. The highest BCUT2D eigenvalue weighted by Gasteiger charge is 2.23. The number of oxazole rings is 1. The second kappa shape index (κ2) is 8.08. The number of para-hydroxylation sites is 2. The first-order valence-corrected chi connectivity index (χ1v) is 9.46. The predicted octanol–water partition coefficient (Wildman–Crippen LogP) is 3.84. The molecule has 4 rings (SSSR count). The van der Waals surface area contributed by atoms with E-state index in [1.807, 2.05) is 30.3 Å². The first kappa shape index (κ1) is 18.6. The number of halogens is 1. The number of nitrogens with one attached hydrogen (secondary N) is 1. The molecule has 8 heteroatoms. The second-order valence-electron chi connectivity index (χ2n) is 6.61. The third-order valence-electron chi connectivity index (χ3n) is 4.76. The molecule has 1 aliphatic heterocycles. The quantitative estimate of drug-likeness (QED) is 0.720. The van der Waals surface area contributed by atoms with Crippen molar-refractivity contribution in [2.45, 2.75) is 6.54 Å². The number of carbonyl (C=O) groups is 1. The molecule has 146 valence electrons. The van der Waals surface area contributed by atoms with Gasteiger partial charge in [-0.05, 0) is 30.3 Å². The van der Waals surface area contributed by atoms with Crippen LogP contribution in [0.5, 0.6) is 5.75 Å². The highest BCUT2D eigenvalue weighted by atomic mass is 35.5. The van der Waals surface area contributed by atoms with Crippen molar-refractivity contribution in [1.29, 1.82) is 0 Å². The summed E-state index contributed by atoms with van der Waals surface area (Å²) in [5, 5.41) is 3.56. The number of nitrogens with zero attached hydrogens (tertiary/aromatic N) is 3. The van der Waals surface area contributed by atoms with Crippen LogP contribution in [0.3, 0.4) is 0 Å². The molecule has 7 nitrogen and oxygen atoms in total. The molecule has 28 heavy (non-hydrogen) atoms. The van der Waals surface area contributed by atoms with E-state index in [0.717, 1.165) is 24.2 Å². The van der Waals surface area contributed by atoms with E-state index in [-0.39, 0.29) is 6.03 Å². The largest absolute Gasteiger partial charge is 0.495 e. The SMILES string of the molecule is COc1ccccc1NC(=O)N1CCN(Cc2nc3cc(Cl)ccc3o2)CC1. The van der Waals surface area contributed by atoms with Crippen LogP contribution in [0.25, 0.3) is 11.1 Å². The van der Waals surface area contributed by atoms with Gasteiger partial charge >= 0.3 is 6.03 Å². The summed E-state index contributed by atoms with van der Waals surface area (Å²) < 4.78 is 11.1. The standard InChI is InChI=1S/C20H21ClN4O3/c1-27-17-5-3-2-4-15(17)23-20(26)25-10-8-24(9-11-25)13-19-22-16-12-14(21)6-7-18(16)28-19/h2-7,12H,8-11,13H2,1H3,(H,23,26). The number of fused-ring (bicyclic) bond motifs is 1. The van der Waals surface area contributed by atoms with Crippen LogP contribution in [0.2, 0.25) is 5.02 Å². The lowest BCUT2D eigenvalue weighted by Crippen LogP contribution is -2.49. The summed E-state index contributed by atoms with van der Waals surface area (Å²) in [5.41, 5.74) is 2.16. The normalized spacial score (nSPS) is 15.0. The van der Waals surface area contributed by atoms with Gasteiger partial charge in [-0.2, -0.15) is 0 Å². The minimum absolute atomic E-state index is 0.124. The topological polar surface area (TPSA) is 70.8 Å². The van der Waals surface area contributed by atoms with Crippen molar-refractivity contribution in [3.63, 3.8) is 0 Å². The van der Waals surface area contributed by atoms with Crippen molar-refractivity contribution in [2.75, 3.05) is 38.6 Å². The molecule has 2 aromatic carbocycles. The van der Waals surface area contributed by atoms with Gasteiger partial charge in [0.05, 0.1) is 19.3 Å². The van der Waals surface area contributed by atoms with E-state index < -0.39 is 0 Å². The molecular weight excluding hydrogens is 380 g/mol. The lowest BCUT2D eigenvalue weighted by molar-refractivity contribution is 0.136. The molecule has 0 atom stereocenters. The van der Waals surface area contributed by atoms with Crippen molar-refractivity contribution < 1.29 is 13.9 Å². The van der Waals surface area contributed by atoms with Crippen LogP contribution in [0, 0.1) is 0 Å². The first-order chi connectivity index (χ1) is 13.6. The van der Waals surface area contributed by atoms with Gasteiger partial charge in [-0.1, -0.05) is 23.7 Å². The molecule has 0 unspecified atom stereocenters. The molecule has 2 heterocycles. The number of rotatable bonds is 4. The zero-order valence-electron chi connectivity index (χ0n) is 15.5. The number of piperazine rings is 1. The minimum Gasteiger partial charge on any atom is -0.495 e. The Morgan fingerprint density at radius 1 is 1.21 bits per heavy atom. The summed E-state index contributed by atoms with van der Waals surface area (Å²) >= 11 is 6.00. The smallest absolute Gasteiger partial charge is 0.322 e. The second-order valence-corrected chi connectivity index (χ2v) is 7.05. The molecule has 1 aliphatic rings. The van der Waals surface area contributed by atoms with Crippen LogP contribution in [-0.2, 0) is 6.54 Å². The molecule has 0 aliphatic carbocycles. The van der Waals surface area contributed by atoms with Crippen molar-refractivity contribution in [3.8, 4) is 5.75 Å². The van der Waals surface area contributed by atoms with Crippen molar-refractivity contribution in [2.24, 2.45) is 0 Å². The van der Waals surface area contributed by atoms with Gasteiger partial charge in [0.2, 0.25) is 5.89 Å². The number of anilines is 1. The molecular formula is C20H21ClN4O3. The van der Waals surface area contributed by atoms with Crippen LogP contribution in [0.15, 0.2) is 46.9 Å². The molecule has 1 saturated heterocycles. The summed E-state index contributed by atoms with van der Waals surface area (Å²) in [6.07, 6.45) is 0. The van der Waals surface area contributed by atoms with Crippen molar-refractivity contribution in [1.82, 2.24) is 14.8 Å². The number of carbonyl (C=O) groups excluding carboxylic acids is 1. The van der Waals surface area contributed by atoms with Gasteiger partial charge in [0.25, 0.3) is 0 Å². The van der Waals surface area contributed by atoms with Crippen LogP contribution in [0.4, 0.5) is 10.5 Å². The maximum absolute atomic E-state index is 12.5. The number of aromatic nitrogens is 1. The molecule has 2 amide bonds. The third-order valence-corrected chi connectivity index (χ3v) is 5.00. The van der Waals surface area contributed by atoms with E-state index in [0.29, 0.717) is 42.0 Å². The monoisotopic (exact) mass is 400 g/mol. The van der Waals surface area contributed by atoms with E-state index in [1.54, 1.807) is 24.1 Å². The fourth-order valence-electron chi connectivity index (χ4n) is 3.26. The number of hydrogen-bond acceptors (Lipinski definition) is 5. The Bertz CT molecular complexity index is 982. The molecule has 0 spiro atoms. The lowest BCUT2D eigenvalue weighted by atomic mass is 10.3. The number of amides is 2. The average Bonchev–Trinajstić information content (AvgIpc) is 3.10. The predicted molar refractivity (Wildman–Crippen MR) is 108 cm³/mol. The Kier molecular flexibility index (Phi) is 5.36. The van der Waals surface area contributed by atoms with Gasteiger partial charge in [-0.25, -0.2) is 9.78 Å². The maximum Gasteiger partial charge on any atom is 0.322 e. The van der Waals surface area contributed by atoms with Crippen molar-refractivity contribution in [3.05, 3.63) is 53.4 Å². The molecule has 0 radical (unpaired) electrons. The molecule has 3 aromatic rings. The summed E-state index contributed by atoms with van der Waals surface area (Å²) in [7, 11) is 1.59. The minimum atomic E-state index is -0.124. The molecule has 1 fully saturated rings. The molecule has 1 aromatic heterocycles. The number of ether oxygens (including phenoxy) is 1. The van der Waals surface area contributed by atoms with E-state index in [1.165, 1.54) is 0 Å². The van der Waals surface area contributed by atoms with Crippen LogP contribution >= 0.6 is 11.6 Å². The van der Waals surface area contributed by atoms with Gasteiger partial charge in [0.1, 0.15) is 11.3 Å². The van der Waals surface area contributed by atoms with Gasteiger partial charge in [0, 0.05) is 31.2 Å². The third kappa shape index (κ3) is 4.05. The Morgan fingerprint density at radius 3 is 2.79 bits per heavy atom. The summed E-state index contributed by atoms with van der Waals surface area (Å²) in [6, 6.07) is 12.7. The average molecular weight is 401 g/mol. The van der Waals surface area contributed by atoms with Crippen molar-refractivity contribution >= 4 is 34.4 Å². The number of methoxy groups -OCH3 is 1. The van der Waals surface area contributed by atoms with E-state index in [4.69, 9.17) is 20.8 Å². The Balaban J connectivity index is 1.33. The summed E-state index contributed by atoms with van der Waals surface area (Å²) in [4.78, 5) is 21.1. The zero-order valence-corrected chi connectivity index (χ0v) is 16.3. The molecule has 1 N–H and O–H groups in total. The first-order valence-electron chi connectivity index (χ1n) is 9.08. The number of benzene rings is 2. The van der Waals surface area contributed by atoms with Gasteiger partial charge in [-0.3, -0.25) is 4.90 Å². The van der Waals surface area contributed by atoms with Gasteiger partial charge < -0.3 is 19.4 Å². The summed E-state index contributed by atoms with van der Waals surface area (Å²) in [5.74, 6) is 1.30. The zero-order chi connectivity index (χ0) is 19.5. The van der Waals surface area contributed by atoms with Crippen LogP contribution in [0.1, 0.15) is 5.89 Å². The van der Waals surface area contributed by atoms with E-state index in [9.17, 15) is 4.79 Å². The Labute approximate surface area is 167 Å². The van der Waals surface area contributed by atoms with E-state index in [2.05, 4.69) is 15.2 Å². The molecule has 0 bridgehead atoms. The highest BCUT2D eigenvalue weighted by molar-refractivity contribution is 6.31. The van der Waals surface area contributed by atoms with Crippen LogP contribution < -0.4 is 10.1 Å². The highest BCUT2D eigenvalue weighted by Crippen LogP contribution is 2.24. The van der Waals surface area contributed by atoms with E-state index >= 15 is 0 Å². The lowest BCUT2D eigenvalue weighted by Gasteiger charge is -2.34.